The van der Waals surface area contributed by atoms with Gasteiger partial charge in [0, 0.05) is 6.54 Å². The van der Waals surface area contributed by atoms with Gasteiger partial charge in [-0.15, -0.1) is 0 Å². The third kappa shape index (κ3) is 3.68. The molecule has 1 aromatic rings. The van der Waals surface area contributed by atoms with E-state index in [1.54, 1.807) is 19.2 Å². The molecule has 0 heterocycles. The summed E-state index contributed by atoms with van der Waals surface area (Å²) < 4.78 is 5.16. The molecular formula is C14H20N2O3. The number of anilines is 1. The zero-order valence-corrected chi connectivity index (χ0v) is 11.1. The molecular weight excluding hydrogens is 244 g/mol. The van der Waals surface area contributed by atoms with E-state index in [2.05, 4.69) is 10.6 Å². The van der Waals surface area contributed by atoms with Crippen LogP contribution in [0.25, 0.3) is 0 Å². The van der Waals surface area contributed by atoms with Crippen LogP contribution in [0, 0.1) is 0 Å². The quantitative estimate of drug-likeness (QED) is 0.720. The second kappa shape index (κ2) is 6.04. The van der Waals surface area contributed by atoms with E-state index in [-0.39, 0.29) is 12.5 Å². The Morgan fingerprint density at radius 3 is 2.79 bits per heavy atom. The number of amides is 1. The van der Waals surface area contributed by atoms with Gasteiger partial charge in [-0.25, -0.2) is 0 Å². The highest BCUT2D eigenvalue weighted by Crippen LogP contribution is 2.30. The van der Waals surface area contributed by atoms with Gasteiger partial charge in [0.25, 0.3) is 0 Å². The van der Waals surface area contributed by atoms with Crippen molar-refractivity contribution < 1.29 is 14.6 Å². The molecule has 0 saturated heterocycles. The van der Waals surface area contributed by atoms with E-state index in [1.807, 2.05) is 12.1 Å². The van der Waals surface area contributed by atoms with Crippen LogP contribution in [-0.2, 0) is 4.79 Å². The van der Waals surface area contributed by atoms with Gasteiger partial charge in [0.1, 0.15) is 5.75 Å². The van der Waals surface area contributed by atoms with Crippen LogP contribution in [0.4, 0.5) is 5.69 Å². The first kappa shape index (κ1) is 13.8. The highest BCUT2D eigenvalue weighted by Gasteiger charge is 2.33. The fraction of sp³-hybridized carbons (Fsp3) is 0.500. The van der Waals surface area contributed by atoms with Crippen LogP contribution in [0.2, 0.25) is 0 Å². The molecule has 0 bridgehead atoms. The lowest BCUT2D eigenvalue weighted by atomic mass is 9.80. The molecule has 1 aliphatic rings. The molecule has 19 heavy (non-hydrogen) atoms. The Balaban J connectivity index is 1.77. The molecule has 1 saturated carbocycles. The third-order valence-electron chi connectivity index (χ3n) is 3.40. The number of benzene rings is 1. The lowest BCUT2D eigenvalue weighted by molar-refractivity contribution is -0.115. The molecule has 0 radical (unpaired) electrons. The van der Waals surface area contributed by atoms with Crippen molar-refractivity contribution in [2.24, 2.45) is 0 Å². The molecule has 3 N–H and O–H groups in total. The number of carbonyl (C=O) groups excluding carboxylic acids is 1. The van der Waals surface area contributed by atoms with Gasteiger partial charge in [-0.3, -0.25) is 4.79 Å². The Morgan fingerprint density at radius 2 is 2.16 bits per heavy atom. The number of carbonyl (C=O) groups is 1. The number of hydrogen-bond acceptors (Lipinski definition) is 4. The fourth-order valence-electron chi connectivity index (χ4n) is 2.11. The number of ether oxygens (including phenoxy) is 1. The maximum absolute atomic E-state index is 11.8. The van der Waals surface area contributed by atoms with Crippen molar-refractivity contribution in [1.82, 2.24) is 5.32 Å². The predicted octanol–water partition coefficient (Wildman–Crippen LogP) is 1.14. The minimum atomic E-state index is -0.606. The first-order valence-electron chi connectivity index (χ1n) is 6.49. The van der Waals surface area contributed by atoms with E-state index >= 15 is 0 Å². The Morgan fingerprint density at radius 1 is 1.42 bits per heavy atom. The number of para-hydroxylation sites is 2. The standard InChI is InChI=1S/C14H20N2O3/c1-19-12-6-3-2-5-11(12)16-13(17)9-15-10-14(18)7-4-8-14/h2-3,5-6,15,18H,4,7-10H2,1H3,(H,16,17). The van der Waals surface area contributed by atoms with Crippen LogP contribution < -0.4 is 15.4 Å². The summed E-state index contributed by atoms with van der Waals surface area (Å²) >= 11 is 0. The van der Waals surface area contributed by atoms with Gasteiger partial charge >= 0.3 is 0 Å². The van der Waals surface area contributed by atoms with Crippen molar-refractivity contribution in [2.45, 2.75) is 24.9 Å². The van der Waals surface area contributed by atoms with Gasteiger partial charge in [0.2, 0.25) is 5.91 Å². The minimum Gasteiger partial charge on any atom is -0.495 e. The Hall–Kier alpha value is -1.59. The highest BCUT2D eigenvalue weighted by molar-refractivity contribution is 5.93. The molecule has 0 aromatic heterocycles. The monoisotopic (exact) mass is 264 g/mol. The van der Waals surface area contributed by atoms with Crippen molar-refractivity contribution in [2.75, 3.05) is 25.5 Å². The average molecular weight is 264 g/mol. The van der Waals surface area contributed by atoms with Gasteiger partial charge in [-0.2, -0.15) is 0 Å². The maximum atomic E-state index is 11.8. The molecule has 1 aromatic carbocycles. The Bertz CT molecular complexity index is 444. The van der Waals surface area contributed by atoms with E-state index in [0.717, 1.165) is 19.3 Å². The van der Waals surface area contributed by atoms with E-state index in [9.17, 15) is 9.90 Å². The smallest absolute Gasteiger partial charge is 0.238 e. The number of rotatable bonds is 6. The second-order valence-electron chi connectivity index (χ2n) is 4.93. The lowest BCUT2D eigenvalue weighted by Gasteiger charge is -2.36. The Labute approximate surface area is 113 Å². The summed E-state index contributed by atoms with van der Waals surface area (Å²) in [6.07, 6.45) is 2.69. The minimum absolute atomic E-state index is 0.146. The summed E-state index contributed by atoms with van der Waals surface area (Å²) in [7, 11) is 1.56. The van der Waals surface area contributed by atoms with Crippen LogP contribution >= 0.6 is 0 Å². The highest BCUT2D eigenvalue weighted by atomic mass is 16.5. The van der Waals surface area contributed by atoms with Crippen LogP contribution in [0.15, 0.2) is 24.3 Å². The van der Waals surface area contributed by atoms with Gasteiger partial charge in [-0.1, -0.05) is 12.1 Å². The summed E-state index contributed by atoms with van der Waals surface area (Å²) in [5.74, 6) is 0.487. The Kier molecular flexibility index (Phi) is 4.39. The molecule has 1 amide bonds. The van der Waals surface area contributed by atoms with Crippen molar-refractivity contribution in [3.05, 3.63) is 24.3 Å². The largest absolute Gasteiger partial charge is 0.495 e. The topological polar surface area (TPSA) is 70.6 Å². The first-order chi connectivity index (χ1) is 9.13. The average Bonchev–Trinajstić information content (AvgIpc) is 2.37. The molecule has 1 fully saturated rings. The molecule has 0 atom stereocenters. The molecule has 1 aliphatic carbocycles. The van der Waals surface area contributed by atoms with Gasteiger partial charge in [0.05, 0.1) is 24.9 Å². The van der Waals surface area contributed by atoms with Crippen molar-refractivity contribution in [1.29, 1.82) is 0 Å². The second-order valence-corrected chi connectivity index (χ2v) is 4.93. The third-order valence-corrected chi connectivity index (χ3v) is 3.40. The van der Waals surface area contributed by atoms with Gasteiger partial charge < -0.3 is 20.5 Å². The number of hydrogen-bond donors (Lipinski definition) is 3. The molecule has 0 unspecified atom stereocenters. The van der Waals surface area contributed by atoms with E-state index in [1.165, 1.54) is 0 Å². The zero-order chi connectivity index (χ0) is 13.7. The zero-order valence-electron chi connectivity index (χ0n) is 11.1. The normalized spacial score (nSPS) is 16.5. The van der Waals surface area contributed by atoms with E-state index in [4.69, 9.17) is 4.74 Å². The molecule has 104 valence electrons. The summed E-state index contributed by atoms with van der Waals surface area (Å²) in [5.41, 5.74) is 0.0456. The number of methoxy groups -OCH3 is 1. The fourth-order valence-corrected chi connectivity index (χ4v) is 2.11. The maximum Gasteiger partial charge on any atom is 0.238 e. The molecule has 5 nitrogen and oxygen atoms in total. The lowest BCUT2D eigenvalue weighted by Crippen LogP contribution is -2.47. The predicted molar refractivity (Wildman–Crippen MR) is 73.3 cm³/mol. The summed E-state index contributed by atoms with van der Waals surface area (Å²) in [6, 6.07) is 7.26. The van der Waals surface area contributed by atoms with Crippen LogP contribution in [0.5, 0.6) is 5.75 Å². The molecule has 0 aliphatic heterocycles. The van der Waals surface area contributed by atoms with Gasteiger partial charge in [0.15, 0.2) is 0 Å². The summed E-state index contributed by atoms with van der Waals surface area (Å²) in [5, 5.41) is 15.6. The number of nitrogens with one attached hydrogen (secondary N) is 2. The molecule has 0 spiro atoms. The molecule has 2 rings (SSSR count). The first-order valence-corrected chi connectivity index (χ1v) is 6.49. The number of aliphatic hydroxyl groups is 1. The van der Waals surface area contributed by atoms with Crippen molar-refractivity contribution in [3.8, 4) is 5.75 Å². The summed E-state index contributed by atoms with van der Waals surface area (Å²) in [6.45, 7) is 0.646. The molecule has 5 heteroatoms. The SMILES string of the molecule is COc1ccccc1NC(=O)CNCC1(O)CCC1. The van der Waals surface area contributed by atoms with Crippen molar-refractivity contribution in [3.63, 3.8) is 0 Å². The van der Waals surface area contributed by atoms with Crippen LogP contribution in [0.3, 0.4) is 0 Å². The van der Waals surface area contributed by atoms with E-state index in [0.29, 0.717) is 18.0 Å². The van der Waals surface area contributed by atoms with Gasteiger partial charge in [-0.05, 0) is 31.4 Å². The summed E-state index contributed by atoms with van der Waals surface area (Å²) in [4.78, 5) is 11.8. The van der Waals surface area contributed by atoms with Crippen LogP contribution in [0.1, 0.15) is 19.3 Å². The van der Waals surface area contributed by atoms with Crippen LogP contribution in [-0.4, -0.2) is 36.8 Å². The van der Waals surface area contributed by atoms with E-state index < -0.39 is 5.60 Å². The van der Waals surface area contributed by atoms with Crippen molar-refractivity contribution >= 4 is 11.6 Å².